The lowest BCUT2D eigenvalue weighted by Crippen LogP contribution is -2.13. The van der Waals surface area contributed by atoms with Crippen molar-refractivity contribution in [3.05, 3.63) is 40.4 Å². The minimum atomic E-state index is -3.55. The molecule has 22 heavy (non-hydrogen) atoms. The largest absolute Gasteiger partial charge is 0.263 e. The fourth-order valence-corrected chi connectivity index (χ4v) is 5.07. The second kappa shape index (κ2) is 6.01. The first-order valence-corrected chi connectivity index (χ1v) is 9.88. The number of fused-ring (bicyclic) bond motifs is 1. The molecule has 118 valence electrons. The number of nitrogens with one attached hydrogen (secondary N) is 1. The molecule has 0 aliphatic heterocycles. The molecule has 1 N–H and O–H groups in total. The highest BCUT2D eigenvalue weighted by molar-refractivity contribution is 7.93. The smallest absolute Gasteiger partial charge is 0.255 e. The third kappa shape index (κ3) is 3.17. The van der Waals surface area contributed by atoms with Crippen LogP contribution in [0.4, 0.5) is 5.13 Å². The number of thiazole rings is 1. The van der Waals surface area contributed by atoms with Crippen LogP contribution in [-0.4, -0.2) is 13.4 Å². The van der Waals surface area contributed by atoms with E-state index in [4.69, 9.17) is 0 Å². The van der Waals surface area contributed by atoms with Crippen molar-refractivity contribution in [1.29, 1.82) is 0 Å². The van der Waals surface area contributed by atoms with Gasteiger partial charge in [0.15, 0.2) is 5.13 Å². The third-order valence-electron chi connectivity index (χ3n) is 4.05. The number of aromatic nitrogens is 1. The Hall–Kier alpha value is -1.40. The van der Waals surface area contributed by atoms with Gasteiger partial charge in [0, 0.05) is 4.88 Å². The lowest BCUT2D eigenvalue weighted by Gasteiger charge is -2.15. The summed E-state index contributed by atoms with van der Waals surface area (Å²) in [6, 6.07) is 7.00. The molecule has 0 spiro atoms. The maximum Gasteiger partial charge on any atom is 0.263 e. The zero-order valence-corrected chi connectivity index (χ0v) is 14.4. The van der Waals surface area contributed by atoms with Gasteiger partial charge in [0.1, 0.15) is 0 Å². The Bertz CT molecular complexity index is 764. The standard InChI is InChI=1S/C16H20N2O2S2/c1-3-12-5-7-13(8-6-12)22(19,20)18-16-17-14-9-4-11(2)10-15(14)21-16/h5-8,11H,3-4,9-10H2,1-2H3,(H,17,18). The molecular weight excluding hydrogens is 316 g/mol. The van der Waals surface area contributed by atoms with Crippen molar-refractivity contribution in [2.45, 2.75) is 44.4 Å². The number of hydrogen-bond donors (Lipinski definition) is 1. The Labute approximate surface area is 135 Å². The second-order valence-electron chi connectivity index (χ2n) is 5.84. The average Bonchev–Trinajstić information content (AvgIpc) is 2.87. The van der Waals surface area contributed by atoms with E-state index in [0.717, 1.165) is 36.9 Å². The number of nitrogens with zero attached hydrogens (tertiary/aromatic N) is 1. The predicted molar refractivity (Wildman–Crippen MR) is 89.9 cm³/mol. The number of hydrogen-bond acceptors (Lipinski definition) is 4. The van der Waals surface area contributed by atoms with E-state index in [1.807, 2.05) is 19.1 Å². The molecule has 6 heteroatoms. The Morgan fingerprint density at radius 1 is 1.32 bits per heavy atom. The highest BCUT2D eigenvalue weighted by Gasteiger charge is 2.22. The van der Waals surface area contributed by atoms with Gasteiger partial charge in [-0.1, -0.05) is 26.0 Å². The molecule has 0 radical (unpaired) electrons. The van der Waals surface area contributed by atoms with Crippen LogP contribution in [0.1, 0.15) is 36.4 Å². The van der Waals surface area contributed by atoms with Gasteiger partial charge in [0.05, 0.1) is 10.6 Å². The van der Waals surface area contributed by atoms with E-state index in [1.54, 1.807) is 12.1 Å². The number of rotatable bonds is 4. The Morgan fingerprint density at radius 3 is 2.73 bits per heavy atom. The summed E-state index contributed by atoms with van der Waals surface area (Å²) in [5, 5.41) is 0.485. The number of sulfonamides is 1. The molecule has 4 nitrogen and oxygen atoms in total. The summed E-state index contributed by atoms with van der Waals surface area (Å²) in [6.45, 7) is 4.27. The first-order valence-electron chi connectivity index (χ1n) is 7.58. The summed E-state index contributed by atoms with van der Waals surface area (Å²) >= 11 is 1.47. The molecule has 1 heterocycles. The van der Waals surface area contributed by atoms with Gasteiger partial charge in [0.2, 0.25) is 0 Å². The van der Waals surface area contributed by atoms with Gasteiger partial charge in [-0.05, 0) is 49.3 Å². The maximum atomic E-state index is 12.4. The van der Waals surface area contributed by atoms with Crippen molar-refractivity contribution in [2.75, 3.05) is 4.72 Å². The van der Waals surface area contributed by atoms with Crippen molar-refractivity contribution in [1.82, 2.24) is 4.98 Å². The topological polar surface area (TPSA) is 59.1 Å². The van der Waals surface area contributed by atoms with E-state index in [2.05, 4.69) is 16.6 Å². The molecule has 1 aliphatic rings. The van der Waals surface area contributed by atoms with Crippen molar-refractivity contribution in [3.63, 3.8) is 0 Å². The third-order valence-corrected chi connectivity index (χ3v) is 6.57. The molecule has 1 unspecified atom stereocenters. The zero-order chi connectivity index (χ0) is 15.7. The summed E-state index contributed by atoms with van der Waals surface area (Å²) in [5.74, 6) is 0.652. The summed E-state index contributed by atoms with van der Waals surface area (Å²) in [4.78, 5) is 5.96. The highest BCUT2D eigenvalue weighted by atomic mass is 32.2. The molecule has 0 amide bonds. The molecule has 0 fully saturated rings. The first-order chi connectivity index (χ1) is 10.5. The molecule has 2 aromatic rings. The number of anilines is 1. The molecular formula is C16H20N2O2S2. The van der Waals surface area contributed by atoms with E-state index >= 15 is 0 Å². The zero-order valence-electron chi connectivity index (χ0n) is 12.8. The van der Waals surface area contributed by atoms with Crippen LogP contribution < -0.4 is 4.72 Å². The SMILES string of the molecule is CCc1ccc(S(=O)(=O)Nc2nc3c(s2)CC(C)CC3)cc1. The van der Waals surface area contributed by atoms with Crippen molar-refractivity contribution >= 4 is 26.5 Å². The fraction of sp³-hybridized carbons (Fsp3) is 0.438. The lowest BCUT2D eigenvalue weighted by molar-refractivity contribution is 0.502. The van der Waals surface area contributed by atoms with Crippen LogP contribution in [0.15, 0.2) is 29.2 Å². The fourth-order valence-electron chi connectivity index (χ4n) is 2.66. The highest BCUT2D eigenvalue weighted by Crippen LogP contribution is 2.33. The van der Waals surface area contributed by atoms with Gasteiger partial charge in [0.25, 0.3) is 10.0 Å². The number of benzene rings is 1. The first kappa shape index (κ1) is 15.5. The van der Waals surface area contributed by atoms with Crippen molar-refractivity contribution < 1.29 is 8.42 Å². The molecule has 1 aromatic heterocycles. The van der Waals surface area contributed by atoms with Gasteiger partial charge < -0.3 is 0 Å². The predicted octanol–water partition coefficient (Wildman–Crippen LogP) is 3.63. The lowest BCUT2D eigenvalue weighted by atomic mass is 9.93. The molecule has 1 aliphatic carbocycles. The molecule has 0 saturated carbocycles. The molecule has 0 saturated heterocycles. The van der Waals surface area contributed by atoms with Gasteiger partial charge >= 0.3 is 0 Å². The average molecular weight is 336 g/mol. The second-order valence-corrected chi connectivity index (χ2v) is 8.61. The Kier molecular flexibility index (Phi) is 4.23. The van der Waals surface area contributed by atoms with Gasteiger partial charge in [-0.15, -0.1) is 11.3 Å². The van der Waals surface area contributed by atoms with Crippen molar-refractivity contribution in [2.24, 2.45) is 5.92 Å². The monoisotopic (exact) mass is 336 g/mol. The minimum absolute atomic E-state index is 0.284. The minimum Gasteiger partial charge on any atom is -0.255 e. The van der Waals surface area contributed by atoms with Crippen LogP contribution in [-0.2, 0) is 29.3 Å². The van der Waals surface area contributed by atoms with Crippen LogP contribution in [0.25, 0.3) is 0 Å². The quantitative estimate of drug-likeness (QED) is 0.927. The van der Waals surface area contributed by atoms with E-state index < -0.39 is 10.0 Å². The van der Waals surface area contributed by atoms with E-state index in [0.29, 0.717) is 11.0 Å². The van der Waals surface area contributed by atoms with Crippen LogP contribution in [0.5, 0.6) is 0 Å². The van der Waals surface area contributed by atoms with Crippen molar-refractivity contribution in [3.8, 4) is 0 Å². The van der Waals surface area contributed by atoms with Crippen LogP contribution >= 0.6 is 11.3 Å². The number of aryl methyl sites for hydroxylation is 2. The summed E-state index contributed by atoms with van der Waals surface area (Å²) in [7, 11) is -3.55. The van der Waals surface area contributed by atoms with E-state index in [-0.39, 0.29) is 4.90 Å². The molecule has 1 atom stereocenters. The summed E-state index contributed by atoms with van der Waals surface area (Å²) < 4.78 is 27.5. The Morgan fingerprint density at radius 2 is 2.05 bits per heavy atom. The van der Waals surface area contributed by atoms with Gasteiger partial charge in [-0.2, -0.15) is 0 Å². The van der Waals surface area contributed by atoms with Gasteiger partial charge in [-0.3, -0.25) is 4.72 Å². The molecule has 0 bridgehead atoms. The van der Waals surface area contributed by atoms with Crippen LogP contribution in [0, 0.1) is 5.92 Å². The Balaban J connectivity index is 1.82. The molecule has 1 aromatic carbocycles. The summed E-state index contributed by atoms with van der Waals surface area (Å²) in [6.07, 6.45) is 3.96. The normalized spacial score (nSPS) is 18.0. The summed E-state index contributed by atoms with van der Waals surface area (Å²) in [5.41, 5.74) is 2.18. The molecule has 3 rings (SSSR count). The maximum absolute atomic E-state index is 12.4. The van der Waals surface area contributed by atoms with Gasteiger partial charge in [-0.25, -0.2) is 13.4 Å². The van der Waals surface area contributed by atoms with Crippen LogP contribution in [0.3, 0.4) is 0 Å². The van der Waals surface area contributed by atoms with Crippen LogP contribution in [0.2, 0.25) is 0 Å². The van der Waals surface area contributed by atoms with E-state index in [9.17, 15) is 8.42 Å². The van der Waals surface area contributed by atoms with E-state index in [1.165, 1.54) is 16.2 Å².